The summed E-state index contributed by atoms with van der Waals surface area (Å²) in [5.74, 6) is 0.350. The number of ketones is 1. The molecule has 0 spiro atoms. The van der Waals surface area contributed by atoms with E-state index in [9.17, 15) is 13.2 Å². The van der Waals surface area contributed by atoms with Crippen molar-refractivity contribution in [3.8, 4) is 5.75 Å². The lowest BCUT2D eigenvalue weighted by Crippen LogP contribution is -2.06. The highest BCUT2D eigenvalue weighted by Crippen LogP contribution is 2.25. The quantitative estimate of drug-likeness (QED) is 0.726. The first kappa shape index (κ1) is 16.4. The van der Waals surface area contributed by atoms with Crippen LogP contribution in [-0.2, 0) is 21.1 Å². The van der Waals surface area contributed by atoms with Gasteiger partial charge in [0, 0.05) is 19.1 Å². The van der Waals surface area contributed by atoms with Crippen LogP contribution in [0.15, 0.2) is 35.2 Å². The molecule has 0 saturated carbocycles. The van der Waals surface area contributed by atoms with Crippen molar-refractivity contribution in [3.63, 3.8) is 0 Å². The summed E-state index contributed by atoms with van der Waals surface area (Å²) in [6.45, 7) is 7.66. The molecular weight excluding hydrogens is 276 g/mol. The summed E-state index contributed by atoms with van der Waals surface area (Å²) >= 11 is 0. The Morgan fingerprint density at radius 1 is 1.35 bits per heavy atom. The minimum atomic E-state index is -3.34. The van der Waals surface area contributed by atoms with E-state index in [1.54, 1.807) is 26.0 Å². The van der Waals surface area contributed by atoms with Crippen LogP contribution in [0.4, 0.5) is 0 Å². The largest absolute Gasteiger partial charge is 0.493 e. The first-order chi connectivity index (χ1) is 9.24. The molecule has 0 aliphatic heterocycles. The molecule has 1 aromatic carbocycles. The number of carbonyl (C=O) groups excluding carboxylic acids is 1. The maximum atomic E-state index is 11.8. The van der Waals surface area contributed by atoms with Crippen molar-refractivity contribution in [2.24, 2.45) is 0 Å². The van der Waals surface area contributed by atoms with E-state index in [1.807, 2.05) is 0 Å². The molecule has 0 atom stereocenters. The lowest BCUT2D eigenvalue weighted by molar-refractivity contribution is -0.117. The van der Waals surface area contributed by atoms with Crippen molar-refractivity contribution in [2.45, 2.75) is 31.6 Å². The predicted octanol–water partition coefficient (Wildman–Crippen LogP) is 2.57. The molecule has 0 N–H and O–H groups in total. The third-order valence-corrected chi connectivity index (χ3v) is 3.74. The third-order valence-electron chi connectivity index (χ3n) is 2.61. The van der Waals surface area contributed by atoms with Crippen LogP contribution in [-0.4, -0.2) is 27.1 Å². The van der Waals surface area contributed by atoms with Gasteiger partial charge in [0.2, 0.25) is 0 Å². The van der Waals surface area contributed by atoms with Gasteiger partial charge in [0.15, 0.2) is 9.84 Å². The average molecular weight is 296 g/mol. The van der Waals surface area contributed by atoms with Gasteiger partial charge in [-0.3, -0.25) is 4.79 Å². The fraction of sp³-hybridized carbons (Fsp3) is 0.400. The summed E-state index contributed by atoms with van der Waals surface area (Å²) < 4.78 is 28.7. The number of Topliss-reactive ketones (excluding diaryl/α,β-unsaturated/α-hetero) is 1. The molecular formula is C15H20O4S. The summed E-state index contributed by atoms with van der Waals surface area (Å²) in [4.78, 5) is 11.9. The van der Waals surface area contributed by atoms with Crippen LogP contribution < -0.4 is 4.74 Å². The van der Waals surface area contributed by atoms with Crippen LogP contribution in [0.2, 0.25) is 0 Å². The maximum Gasteiger partial charge on any atom is 0.179 e. The van der Waals surface area contributed by atoms with Crippen LogP contribution in [0.1, 0.15) is 25.8 Å². The normalized spacial score (nSPS) is 11.2. The number of benzene rings is 1. The topological polar surface area (TPSA) is 60.4 Å². The molecule has 110 valence electrons. The maximum absolute atomic E-state index is 11.8. The van der Waals surface area contributed by atoms with E-state index < -0.39 is 9.84 Å². The van der Waals surface area contributed by atoms with Crippen LogP contribution in [0.25, 0.3) is 0 Å². The molecule has 0 unspecified atom stereocenters. The summed E-state index contributed by atoms with van der Waals surface area (Å²) in [6.07, 6.45) is 1.71. The van der Waals surface area contributed by atoms with E-state index in [1.165, 1.54) is 6.07 Å². The monoisotopic (exact) mass is 296 g/mol. The van der Waals surface area contributed by atoms with E-state index >= 15 is 0 Å². The number of carbonyl (C=O) groups is 1. The first-order valence-electron chi connectivity index (χ1n) is 6.36. The van der Waals surface area contributed by atoms with Gasteiger partial charge >= 0.3 is 0 Å². The second kappa shape index (κ2) is 6.70. The Morgan fingerprint density at radius 3 is 2.50 bits per heavy atom. The zero-order chi connectivity index (χ0) is 15.3. The number of hydrogen-bond donors (Lipinski definition) is 0. The van der Waals surface area contributed by atoms with Gasteiger partial charge in [-0.1, -0.05) is 18.2 Å². The molecule has 1 rings (SSSR count). The zero-order valence-corrected chi connectivity index (χ0v) is 12.9. The smallest absolute Gasteiger partial charge is 0.179 e. The molecule has 0 aliphatic rings. The van der Waals surface area contributed by atoms with Crippen LogP contribution in [0.3, 0.4) is 0 Å². The third kappa shape index (κ3) is 4.81. The second-order valence-corrected chi connectivity index (χ2v) is 6.82. The summed E-state index contributed by atoms with van der Waals surface area (Å²) in [5.41, 5.74) is 1.56. The van der Waals surface area contributed by atoms with Crippen molar-refractivity contribution in [1.29, 1.82) is 0 Å². The van der Waals surface area contributed by atoms with Crippen molar-refractivity contribution in [2.75, 3.05) is 12.9 Å². The van der Waals surface area contributed by atoms with E-state index in [0.29, 0.717) is 18.8 Å². The SMILES string of the molecule is C=C(C)CC(=O)Cc1ccc(S(C)(=O)=O)c(OCC)c1. The number of ether oxygens (including phenoxy) is 1. The highest BCUT2D eigenvalue weighted by atomic mass is 32.2. The number of hydrogen-bond acceptors (Lipinski definition) is 4. The van der Waals surface area contributed by atoms with Crippen molar-refractivity contribution in [1.82, 2.24) is 0 Å². The van der Waals surface area contributed by atoms with Gasteiger partial charge in [-0.15, -0.1) is 0 Å². The van der Waals surface area contributed by atoms with Gasteiger partial charge in [-0.05, 0) is 31.5 Å². The van der Waals surface area contributed by atoms with Crippen LogP contribution >= 0.6 is 0 Å². The van der Waals surface area contributed by atoms with E-state index in [-0.39, 0.29) is 17.1 Å². The molecule has 0 bridgehead atoms. The van der Waals surface area contributed by atoms with Crippen molar-refractivity contribution >= 4 is 15.6 Å². The van der Waals surface area contributed by atoms with Gasteiger partial charge in [0.05, 0.1) is 6.61 Å². The average Bonchev–Trinajstić information content (AvgIpc) is 2.26. The van der Waals surface area contributed by atoms with Crippen molar-refractivity contribution < 1.29 is 17.9 Å². The Labute approximate surface area is 120 Å². The standard InChI is InChI=1S/C15H20O4S/c1-5-19-14-10-12(9-13(16)8-11(2)3)6-7-15(14)20(4,17)18/h6-7,10H,2,5,8-9H2,1,3-4H3. The zero-order valence-electron chi connectivity index (χ0n) is 12.1. The van der Waals surface area contributed by atoms with Gasteiger partial charge in [0.1, 0.15) is 16.4 Å². The molecule has 0 saturated heterocycles. The molecule has 20 heavy (non-hydrogen) atoms. The summed E-state index contributed by atoms with van der Waals surface area (Å²) in [6, 6.07) is 4.76. The van der Waals surface area contributed by atoms with E-state index in [4.69, 9.17) is 4.74 Å². The Kier molecular flexibility index (Phi) is 5.51. The number of rotatable bonds is 7. The molecule has 0 radical (unpaired) electrons. The summed E-state index contributed by atoms with van der Waals surface area (Å²) in [7, 11) is -3.34. The molecule has 4 nitrogen and oxygen atoms in total. The lowest BCUT2D eigenvalue weighted by Gasteiger charge is -2.10. The Bertz CT molecular complexity index is 615. The first-order valence-corrected chi connectivity index (χ1v) is 8.25. The van der Waals surface area contributed by atoms with Gasteiger partial charge in [0.25, 0.3) is 0 Å². The number of allylic oxidation sites excluding steroid dienone is 1. The number of sulfone groups is 1. The predicted molar refractivity (Wildman–Crippen MR) is 78.9 cm³/mol. The fourth-order valence-corrected chi connectivity index (χ4v) is 2.66. The van der Waals surface area contributed by atoms with Crippen LogP contribution in [0, 0.1) is 0 Å². The summed E-state index contributed by atoms with van der Waals surface area (Å²) in [5, 5.41) is 0. The molecule has 0 fully saturated rings. The van der Waals surface area contributed by atoms with Gasteiger partial charge in [-0.2, -0.15) is 0 Å². The molecule has 0 heterocycles. The highest BCUT2D eigenvalue weighted by molar-refractivity contribution is 7.90. The molecule has 1 aromatic rings. The Balaban J connectivity index is 3.05. The minimum absolute atomic E-state index is 0.0482. The lowest BCUT2D eigenvalue weighted by atomic mass is 10.0. The minimum Gasteiger partial charge on any atom is -0.493 e. The molecule has 5 heteroatoms. The van der Waals surface area contributed by atoms with E-state index in [0.717, 1.165) is 17.4 Å². The fourth-order valence-electron chi connectivity index (χ4n) is 1.86. The Morgan fingerprint density at radius 2 is 2.00 bits per heavy atom. The van der Waals surface area contributed by atoms with Gasteiger partial charge < -0.3 is 4.74 Å². The second-order valence-electron chi connectivity index (χ2n) is 4.84. The molecule has 0 aromatic heterocycles. The van der Waals surface area contributed by atoms with Crippen molar-refractivity contribution in [3.05, 3.63) is 35.9 Å². The molecule has 0 amide bonds. The van der Waals surface area contributed by atoms with Crippen LogP contribution in [0.5, 0.6) is 5.75 Å². The molecule has 0 aliphatic carbocycles. The highest BCUT2D eigenvalue weighted by Gasteiger charge is 2.15. The van der Waals surface area contributed by atoms with E-state index in [2.05, 4.69) is 6.58 Å². The van der Waals surface area contributed by atoms with Gasteiger partial charge in [-0.25, -0.2) is 8.42 Å². The Hall–Kier alpha value is -1.62.